The fourth-order valence-corrected chi connectivity index (χ4v) is 5.18. The normalized spacial score (nSPS) is 15.5. The van der Waals surface area contributed by atoms with Gasteiger partial charge in [-0.15, -0.1) is 0 Å². The van der Waals surface area contributed by atoms with Crippen molar-refractivity contribution in [3.05, 3.63) is 41.9 Å². The molecule has 1 aliphatic heterocycles. The van der Waals surface area contributed by atoms with Crippen LogP contribution in [0.5, 0.6) is 5.75 Å². The van der Waals surface area contributed by atoms with Crippen molar-refractivity contribution in [3.63, 3.8) is 0 Å². The Morgan fingerprint density at radius 2 is 2.06 bits per heavy atom. The molecule has 0 radical (unpaired) electrons. The van der Waals surface area contributed by atoms with Gasteiger partial charge in [0, 0.05) is 29.5 Å². The van der Waals surface area contributed by atoms with E-state index in [-0.39, 0.29) is 23.4 Å². The first-order valence-electron chi connectivity index (χ1n) is 12.2. The Kier molecular flexibility index (Phi) is 6.27. The Morgan fingerprint density at radius 3 is 2.74 bits per heavy atom. The topological polar surface area (TPSA) is 88.4 Å². The van der Waals surface area contributed by atoms with Crippen LogP contribution in [0.2, 0.25) is 0 Å². The van der Waals surface area contributed by atoms with Gasteiger partial charge in [0.2, 0.25) is 0 Å². The van der Waals surface area contributed by atoms with Gasteiger partial charge < -0.3 is 9.72 Å². The predicted octanol–water partition coefficient (Wildman–Crippen LogP) is 4.70. The summed E-state index contributed by atoms with van der Waals surface area (Å²) in [7, 11) is 1.60. The first-order chi connectivity index (χ1) is 16.9. The summed E-state index contributed by atoms with van der Waals surface area (Å²) in [5, 5.41) is 4.86. The van der Waals surface area contributed by atoms with Crippen LogP contribution in [0, 0.1) is 5.82 Å². The molecule has 0 bridgehead atoms. The number of hydrogen-bond donors (Lipinski definition) is 1. The number of aromatic nitrogens is 5. The molecule has 9 heteroatoms. The molecule has 4 aromatic heterocycles. The molecule has 1 saturated heterocycles. The molecule has 5 rings (SSSR count). The van der Waals surface area contributed by atoms with Gasteiger partial charge >= 0.3 is 0 Å². The standard InChI is InChI=1S/C26H31FN6O2/c1-5-18(34)13-32-8-6-16(7-9-32)25-23(27)22-19(11-28-25)31-24(21(22)15(2)3)17-10-20(35-4)26-29-14-30-33(26)12-17/h10-12,14-16,31H,5-9,13H2,1-4H3. The number of Topliss-reactive ketones (excluding diaryl/α,β-unsaturated/α-hetero) is 1. The van der Waals surface area contributed by atoms with Gasteiger partial charge in [-0.25, -0.2) is 13.9 Å². The van der Waals surface area contributed by atoms with Crippen molar-refractivity contribution < 1.29 is 13.9 Å². The zero-order chi connectivity index (χ0) is 24.7. The summed E-state index contributed by atoms with van der Waals surface area (Å²) in [5.74, 6) is 0.711. The number of H-pyrrole nitrogens is 1. The summed E-state index contributed by atoms with van der Waals surface area (Å²) in [6.07, 6.45) is 7.25. The van der Waals surface area contributed by atoms with Crippen molar-refractivity contribution >= 4 is 22.3 Å². The Balaban J connectivity index is 1.54. The SMILES string of the molecule is CCC(=O)CN1CCC(c2ncc3[nH]c(-c4cc(OC)c5ncnn5c4)c(C(C)C)c3c2F)CC1. The van der Waals surface area contributed by atoms with Crippen LogP contribution in [0.3, 0.4) is 0 Å². The maximum Gasteiger partial charge on any atom is 0.197 e. The third kappa shape index (κ3) is 4.18. The van der Waals surface area contributed by atoms with E-state index >= 15 is 4.39 Å². The van der Waals surface area contributed by atoms with E-state index in [1.54, 1.807) is 17.8 Å². The third-order valence-electron chi connectivity index (χ3n) is 7.04. The summed E-state index contributed by atoms with van der Waals surface area (Å²) in [6, 6.07) is 1.90. The van der Waals surface area contributed by atoms with Gasteiger partial charge in [-0.1, -0.05) is 20.8 Å². The number of halogens is 1. The highest BCUT2D eigenvalue weighted by atomic mass is 19.1. The molecule has 1 N–H and O–H groups in total. The lowest BCUT2D eigenvalue weighted by Crippen LogP contribution is -2.37. The van der Waals surface area contributed by atoms with Crippen LogP contribution in [0.25, 0.3) is 27.8 Å². The van der Waals surface area contributed by atoms with Gasteiger partial charge in [0.05, 0.1) is 36.8 Å². The van der Waals surface area contributed by atoms with E-state index < -0.39 is 0 Å². The van der Waals surface area contributed by atoms with E-state index in [1.807, 2.05) is 19.2 Å². The molecular weight excluding hydrogens is 447 g/mol. The van der Waals surface area contributed by atoms with Crippen molar-refractivity contribution in [2.45, 2.75) is 51.9 Å². The van der Waals surface area contributed by atoms with Gasteiger partial charge in [0.25, 0.3) is 0 Å². The minimum atomic E-state index is -0.245. The lowest BCUT2D eigenvalue weighted by molar-refractivity contribution is -0.120. The van der Waals surface area contributed by atoms with Gasteiger partial charge in [-0.3, -0.25) is 14.7 Å². The number of ether oxygens (including phenoxy) is 1. The van der Waals surface area contributed by atoms with Crippen molar-refractivity contribution in [2.24, 2.45) is 0 Å². The van der Waals surface area contributed by atoms with Crippen LogP contribution in [0.1, 0.15) is 63.1 Å². The summed E-state index contributed by atoms with van der Waals surface area (Å²) >= 11 is 0. The van der Waals surface area contributed by atoms with Crippen molar-refractivity contribution in [1.29, 1.82) is 0 Å². The number of nitrogens with one attached hydrogen (secondary N) is 1. The molecule has 0 saturated carbocycles. The van der Waals surface area contributed by atoms with Gasteiger partial charge in [0.15, 0.2) is 17.2 Å². The minimum absolute atomic E-state index is 0.0392. The monoisotopic (exact) mass is 478 g/mol. The first kappa shape index (κ1) is 23.4. The second-order valence-corrected chi connectivity index (χ2v) is 9.58. The molecule has 35 heavy (non-hydrogen) atoms. The molecule has 0 aliphatic carbocycles. The molecule has 1 fully saturated rings. The van der Waals surface area contributed by atoms with E-state index in [0.717, 1.165) is 42.8 Å². The molecule has 184 valence electrons. The number of fused-ring (bicyclic) bond motifs is 2. The molecule has 0 atom stereocenters. The number of hydrogen-bond acceptors (Lipinski definition) is 6. The minimum Gasteiger partial charge on any atom is -0.493 e. The maximum atomic E-state index is 16.1. The van der Waals surface area contributed by atoms with Gasteiger partial charge in [0.1, 0.15) is 12.1 Å². The average molecular weight is 479 g/mol. The summed E-state index contributed by atoms with van der Waals surface area (Å²) in [6.45, 7) is 8.07. The Bertz CT molecular complexity index is 1380. The summed E-state index contributed by atoms with van der Waals surface area (Å²) in [5.41, 5.74) is 4.41. The fourth-order valence-electron chi connectivity index (χ4n) is 5.18. The molecule has 0 spiro atoms. The second kappa shape index (κ2) is 9.37. The van der Waals surface area contributed by atoms with E-state index in [2.05, 4.69) is 38.8 Å². The number of pyridine rings is 2. The van der Waals surface area contributed by atoms with Crippen LogP contribution in [0.4, 0.5) is 4.39 Å². The maximum absolute atomic E-state index is 16.1. The number of carbonyl (C=O) groups is 1. The highest BCUT2D eigenvalue weighted by molar-refractivity contribution is 5.92. The van der Waals surface area contributed by atoms with Gasteiger partial charge in [-0.2, -0.15) is 5.10 Å². The van der Waals surface area contributed by atoms with Crippen LogP contribution in [-0.4, -0.2) is 62.0 Å². The van der Waals surface area contributed by atoms with Crippen LogP contribution in [-0.2, 0) is 4.79 Å². The largest absolute Gasteiger partial charge is 0.493 e. The lowest BCUT2D eigenvalue weighted by atomic mass is 9.90. The zero-order valence-corrected chi connectivity index (χ0v) is 20.6. The fraction of sp³-hybridized carbons (Fsp3) is 0.462. The number of nitrogens with zero attached hydrogens (tertiary/aromatic N) is 5. The van der Waals surface area contributed by atoms with E-state index in [9.17, 15) is 4.79 Å². The molecular formula is C26H31FN6O2. The summed E-state index contributed by atoms with van der Waals surface area (Å²) < 4.78 is 23.3. The van der Waals surface area contributed by atoms with Crippen LogP contribution >= 0.6 is 0 Å². The van der Waals surface area contributed by atoms with Gasteiger partial charge in [-0.05, 0) is 43.5 Å². The Labute approximate surface area is 203 Å². The number of likely N-dealkylation sites (tertiary alicyclic amines) is 1. The quantitative estimate of drug-likeness (QED) is 0.414. The third-order valence-corrected chi connectivity index (χ3v) is 7.04. The molecule has 4 aromatic rings. The molecule has 0 unspecified atom stereocenters. The molecule has 0 amide bonds. The number of methoxy groups -OCH3 is 1. The second-order valence-electron chi connectivity index (χ2n) is 9.58. The Morgan fingerprint density at radius 1 is 1.29 bits per heavy atom. The highest BCUT2D eigenvalue weighted by Gasteiger charge is 2.28. The van der Waals surface area contributed by atoms with Crippen molar-refractivity contribution in [2.75, 3.05) is 26.7 Å². The molecule has 0 aromatic carbocycles. The zero-order valence-electron chi connectivity index (χ0n) is 20.6. The van der Waals surface area contributed by atoms with Crippen LogP contribution in [0.15, 0.2) is 24.8 Å². The number of aromatic amines is 1. The summed E-state index contributed by atoms with van der Waals surface area (Å²) in [4.78, 5) is 26.2. The first-order valence-corrected chi connectivity index (χ1v) is 12.2. The number of ketones is 1. The number of piperidine rings is 1. The molecule has 1 aliphatic rings. The van der Waals surface area contributed by atoms with Crippen molar-refractivity contribution in [1.82, 2.24) is 29.5 Å². The van der Waals surface area contributed by atoms with E-state index in [4.69, 9.17) is 4.74 Å². The highest BCUT2D eigenvalue weighted by Crippen LogP contribution is 2.40. The van der Waals surface area contributed by atoms with E-state index in [1.165, 1.54) is 6.33 Å². The number of carbonyl (C=O) groups excluding carboxylic acids is 1. The van der Waals surface area contributed by atoms with E-state index in [0.29, 0.717) is 41.0 Å². The van der Waals surface area contributed by atoms with Crippen LogP contribution < -0.4 is 4.74 Å². The molecule has 8 nitrogen and oxygen atoms in total. The predicted molar refractivity (Wildman–Crippen MR) is 132 cm³/mol. The lowest BCUT2D eigenvalue weighted by Gasteiger charge is -2.31. The Hall–Kier alpha value is -3.33. The average Bonchev–Trinajstić information content (AvgIpc) is 3.49. The number of rotatable bonds is 7. The smallest absolute Gasteiger partial charge is 0.197 e. The van der Waals surface area contributed by atoms with Crippen molar-refractivity contribution in [3.8, 4) is 17.0 Å². The molecule has 5 heterocycles.